The van der Waals surface area contributed by atoms with Gasteiger partial charge in [0.15, 0.2) is 17.6 Å². The Morgan fingerprint density at radius 3 is 2.61 bits per heavy atom. The summed E-state index contributed by atoms with van der Waals surface area (Å²) >= 11 is 0.856. The number of rotatable bonds is 5. The topological polar surface area (TPSA) is 84.9 Å². The highest BCUT2D eigenvalue weighted by Gasteiger charge is 2.27. The first-order valence-electron chi connectivity index (χ1n) is 9.25. The van der Waals surface area contributed by atoms with Crippen molar-refractivity contribution in [2.45, 2.75) is 32.8 Å². The third-order valence-corrected chi connectivity index (χ3v) is 5.68. The molecule has 0 radical (unpaired) electrons. The van der Waals surface area contributed by atoms with Crippen LogP contribution in [0.15, 0.2) is 23.1 Å². The number of nitrogens with one attached hydrogen (secondary N) is 1. The molecule has 2 heterocycles. The highest BCUT2D eigenvalue weighted by atomic mass is 32.2. The molecule has 3 amide bonds. The van der Waals surface area contributed by atoms with E-state index in [0.29, 0.717) is 27.9 Å². The summed E-state index contributed by atoms with van der Waals surface area (Å²) in [4.78, 5) is 37.8. The minimum absolute atomic E-state index is 0.0299. The van der Waals surface area contributed by atoms with E-state index in [-0.39, 0.29) is 11.1 Å². The van der Waals surface area contributed by atoms with Gasteiger partial charge in [-0.05, 0) is 61.2 Å². The predicted molar refractivity (Wildman–Crippen MR) is 107 cm³/mol. The average Bonchev–Trinajstić information content (AvgIpc) is 2.99. The number of piperidine rings is 1. The zero-order chi connectivity index (χ0) is 20.3. The number of nitrogens with zero attached hydrogens (tertiary/aromatic N) is 1. The standard InChI is InChI=1S/C20H24N2O5S/c1-12-6-8-22(9-7-12)19(24)13(2)27-15-5-4-14(10-16(15)26-3)11-17-18(23)21-20(25)28-17/h4-5,10-13H,6-9H2,1-3H3,(H,21,23,25). The number of hydrogen-bond donors (Lipinski definition) is 1. The number of benzene rings is 1. The van der Waals surface area contributed by atoms with Crippen LogP contribution >= 0.6 is 11.8 Å². The fourth-order valence-corrected chi connectivity index (χ4v) is 3.85. The minimum Gasteiger partial charge on any atom is -0.493 e. The molecular formula is C20H24N2O5S. The number of imide groups is 1. The summed E-state index contributed by atoms with van der Waals surface area (Å²) in [6.45, 7) is 5.46. The molecule has 1 atom stereocenters. The third kappa shape index (κ3) is 4.67. The molecule has 0 spiro atoms. The summed E-state index contributed by atoms with van der Waals surface area (Å²) in [7, 11) is 1.51. The fourth-order valence-electron chi connectivity index (χ4n) is 3.17. The zero-order valence-corrected chi connectivity index (χ0v) is 17.0. The van der Waals surface area contributed by atoms with Gasteiger partial charge in [-0.1, -0.05) is 13.0 Å². The van der Waals surface area contributed by atoms with Crippen LogP contribution in [-0.4, -0.2) is 48.3 Å². The molecule has 2 saturated heterocycles. The van der Waals surface area contributed by atoms with Gasteiger partial charge < -0.3 is 14.4 Å². The van der Waals surface area contributed by atoms with Crippen molar-refractivity contribution in [3.8, 4) is 11.5 Å². The van der Waals surface area contributed by atoms with E-state index in [2.05, 4.69) is 12.2 Å². The Hall–Kier alpha value is -2.48. The van der Waals surface area contributed by atoms with Crippen molar-refractivity contribution in [1.82, 2.24) is 10.2 Å². The van der Waals surface area contributed by atoms with Crippen LogP contribution in [0.5, 0.6) is 11.5 Å². The molecule has 0 aromatic heterocycles. The smallest absolute Gasteiger partial charge is 0.290 e. The number of ether oxygens (including phenoxy) is 2. The SMILES string of the molecule is COc1cc(C=C2SC(=O)NC2=O)ccc1OC(C)C(=O)N1CCC(C)CC1. The molecule has 150 valence electrons. The number of carbonyl (C=O) groups is 3. The first-order chi connectivity index (χ1) is 13.4. The quantitative estimate of drug-likeness (QED) is 0.760. The van der Waals surface area contributed by atoms with Crippen LogP contribution in [-0.2, 0) is 9.59 Å². The summed E-state index contributed by atoms with van der Waals surface area (Å²) < 4.78 is 11.3. The van der Waals surface area contributed by atoms with Crippen LogP contribution in [0.1, 0.15) is 32.3 Å². The van der Waals surface area contributed by atoms with Crippen molar-refractivity contribution in [1.29, 1.82) is 0 Å². The van der Waals surface area contributed by atoms with Crippen molar-refractivity contribution < 1.29 is 23.9 Å². The highest BCUT2D eigenvalue weighted by molar-refractivity contribution is 8.18. The Kier molecular flexibility index (Phi) is 6.28. The van der Waals surface area contributed by atoms with Gasteiger partial charge in [-0.25, -0.2) is 0 Å². The molecule has 0 bridgehead atoms. The normalized spacial score (nSPS) is 20.2. The van der Waals surface area contributed by atoms with E-state index >= 15 is 0 Å². The Morgan fingerprint density at radius 2 is 2.00 bits per heavy atom. The van der Waals surface area contributed by atoms with Gasteiger partial charge in [0.25, 0.3) is 17.1 Å². The van der Waals surface area contributed by atoms with Gasteiger partial charge in [0, 0.05) is 13.1 Å². The molecule has 0 aliphatic carbocycles. The number of amides is 3. The lowest BCUT2D eigenvalue weighted by Crippen LogP contribution is -2.44. The lowest BCUT2D eigenvalue weighted by Gasteiger charge is -2.32. The van der Waals surface area contributed by atoms with Crippen molar-refractivity contribution in [3.63, 3.8) is 0 Å². The maximum Gasteiger partial charge on any atom is 0.290 e. The van der Waals surface area contributed by atoms with Gasteiger partial charge in [-0.15, -0.1) is 0 Å². The van der Waals surface area contributed by atoms with Gasteiger partial charge in [0.2, 0.25) is 0 Å². The predicted octanol–water partition coefficient (Wildman–Crippen LogP) is 3.04. The molecule has 1 N–H and O–H groups in total. The van der Waals surface area contributed by atoms with E-state index in [9.17, 15) is 14.4 Å². The van der Waals surface area contributed by atoms with Gasteiger partial charge in [-0.3, -0.25) is 19.7 Å². The molecule has 28 heavy (non-hydrogen) atoms. The molecule has 0 saturated carbocycles. The van der Waals surface area contributed by atoms with Gasteiger partial charge >= 0.3 is 0 Å². The van der Waals surface area contributed by atoms with Crippen LogP contribution in [0.25, 0.3) is 6.08 Å². The molecule has 7 nitrogen and oxygen atoms in total. The van der Waals surface area contributed by atoms with Crippen LogP contribution in [0.2, 0.25) is 0 Å². The Bertz CT molecular complexity index is 815. The summed E-state index contributed by atoms with van der Waals surface area (Å²) in [6, 6.07) is 5.16. The lowest BCUT2D eigenvalue weighted by molar-refractivity contribution is -0.139. The van der Waals surface area contributed by atoms with Crippen LogP contribution < -0.4 is 14.8 Å². The molecule has 2 aliphatic heterocycles. The minimum atomic E-state index is -0.625. The highest BCUT2D eigenvalue weighted by Crippen LogP contribution is 2.32. The second-order valence-electron chi connectivity index (χ2n) is 7.03. The van der Waals surface area contributed by atoms with E-state index in [0.717, 1.165) is 37.7 Å². The molecule has 1 aromatic carbocycles. The first kappa shape index (κ1) is 20.3. The van der Waals surface area contributed by atoms with Gasteiger partial charge in [0.05, 0.1) is 12.0 Å². The second-order valence-corrected chi connectivity index (χ2v) is 8.05. The van der Waals surface area contributed by atoms with Crippen LogP contribution in [0.3, 0.4) is 0 Å². The monoisotopic (exact) mass is 404 g/mol. The fraction of sp³-hybridized carbons (Fsp3) is 0.450. The molecule has 2 aliphatic rings. The summed E-state index contributed by atoms with van der Waals surface area (Å²) in [5.74, 6) is 1.12. The van der Waals surface area contributed by atoms with Crippen molar-refractivity contribution in [2.24, 2.45) is 5.92 Å². The third-order valence-electron chi connectivity index (χ3n) is 4.87. The lowest BCUT2D eigenvalue weighted by atomic mass is 9.99. The molecule has 1 aromatic rings. The molecule has 1 unspecified atom stereocenters. The molecule has 2 fully saturated rings. The maximum atomic E-state index is 12.6. The number of thioether (sulfide) groups is 1. The van der Waals surface area contributed by atoms with E-state index < -0.39 is 12.0 Å². The van der Waals surface area contributed by atoms with Gasteiger partial charge in [-0.2, -0.15) is 0 Å². The largest absolute Gasteiger partial charge is 0.493 e. The molecule has 3 rings (SSSR count). The maximum absolute atomic E-state index is 12.6. The van der Waals surface area contributed by atoms with E-state index in [1.807, 2.05) is 4.90 Å². The molecule has 8 heteroatoms. The van der Waals surface area contributed by atoms with Crippen molar-refractivity contribution >= 4 is 34.9 Å². The second kappa shape index (κ2) is 8.68. The number of hydrogen-bond acceptors (Lipinski definition) is 6. The first-order valence-corrected chi connectivity index (χ1v) is 10.1. The van der Waals surface area contributed by atoms with Crippen LogP contribution in [0, 0.1) is 5.92 Å². The number of methoxy groups -OCH3 is 1. The summed E-state index contributed by atoms with van der Waals surface area (Å²) in [5, 5.41) is 1.83. The Morgan fingerprint density at radius 1 is 1.29 bits per heavy atom. The summed E-state index contributed by atoms with van der Waals surface area (Å²) in [6.07, 6.45) is 3.01. The molecular weight excluding hydrogens is 380 g/mol. The average molecular weight is 404 g/mol. The Balaban J connectivity index is 1.70. The summed E-state index contributed by atoms with van der Waals surface area (Å²) in [5.41, 5.74) is 0.695. The van der Waals surface area contributed by atoms with Crippen molar-refractivity contribution in [3.05, 3.63) is 28.7 Å². The van der Waals surface area contributed by atoms with E-state index in [1.54, 1.807) is 31.2 Å². The van der Waals surface area contributed by atoms with Gasteiger partial charge in [0.1, 0.15) is 0 Å². The Labute approximate surface area is 168 Å². The van der Waals surface area contributed by atoms with E-state index in [1.165, 1.54) is 7.11 Å². The van der Waals surface area contributed by atoms with Crippen molar-refractivity contribution in [2.75, 3.05) is 20.2 Å². The van der Waals surface area contributed by atoms with E-state index in [4.69, 9.17) is 9.47 Å². The van der Waals surface area contributed by atoms with Crippen LogP contribution in [0.4, 0.5) is 4.79 Å². The number of likely N-dealkylation sites (tertiary alicyclic amines) is 1. The number of carbonyl (C=O) groups excluding carboxylic acids is 3. The zero-order valence-electron chi connectivity index (χ0n) is 16.2.